The molecule has 98 valence electrons. The molecule has 0 unspecified atom stereocenters. The van der Waals surface area contributed by atoms with Crippen LogP contribution in [0.25, 0.3) is 0 Å². The van der Waals surface area contributed by atoms with Crippen LogP contribution in [-0.2, 0) is 6.54 Å². The van der Waals surface area contributed by atoms with Gasteiger partial charge in [0.15, 0.2) is 11.5 Å². The van der Waals surface area contributed by atoms with Gasteiger partial charge in [0.1, 0.15) is 5.82 Å². The van der Waals surface area contributed by atoms with Crippen molar-refractivity contribution in [1.82, 2.24) is 0 Å². The number of hydrogen-bond acceptors (Lipinski definition) is 3. The first-order valence-electron chi connectivity index (χ1n) is 5.80. The minimum atomic E-state index is -0.274. The summed E-state index contributed by atoms with van der Waals surface area (Å²) in [6.07, 6.45) is 0. The lowest BCUT2D eigenvalue weighted by atomic mass is 10.2. The topological polar surface area (TPSA) is 30.5 Å². The smallest absolute Gasteiger partial charge is 0.231 e. The van der Waals surface area contributed by atoms with Crippen molar-refractivity contribution >= 4 is 21.6 Å². The van der Waals surface area contributed by atoms with Crippen molar-refractivity contribution in [2.24, 2.45) is 0 Å². The second-order valence-corrected chi connectivity index (χ2v) is 5.08. The summed E-state index contributed by atoms with van der Waals surface area (Å²) >= 11 is 3.32. The Morgan fingerprint density at radius 2 is 1.95 bits per heavy atom. The summed E-state index contributed by atoms with van der Waals surface area (Å²) in [5, 5.41) is 3.06. The molecule has 0 radical (unpaired) electrons. The molecule has 1 aliphatic rings. The fourth-order valence-electron chi connectivity index (χ4n) is 1.88. The Balaban J connectivity index is 1.74. The number of benzene rings is 2. The van der Waals surface area contributed by atoms with E-state index in [1.807, 2.05) is 18.2 Å². The van der Waals surface area contributed by atoms with Crippen LogP contribution in [0.4, 0.5) is 10.1 Å². The zero-order chi connectivity index (χ0) is 13.2. The number of hydrogen-bond donors (Lipinski definition) is 1. The third kappa shape index (κ3) is 2.66. The third-order valence-corrected chi connectivity index (χ3v) is 3.34. The maximum absolute atomic E-state index is 13.6. The molecule has 0 saturated carbocycles. The first-order valence-corrected chi connectivity index (χ1v) is 6.59. The van der Waals surface area contributed by atoms with E-state index in [9.17, 15) is 4.39 Å². The van der Waals surface area contributed by atoms with E-state index in [-0.39, 0.29) is 12.6 Å². The Morgan fingerprint density at radius 3 is 2.84 bits per heavy atom. The highest BCUT2D eigenvalue weighted by atomic mass is 79.9. The zero-order valence-electron chi connectivity index (χ0n) is 9.95. The lowest BCUT2D eigenvalue weighted by molar-refractivity contribution is 0.174. The maximum Gasteiger partial charge on any atom is 0.231 e. The van der Waals surface area contributed by atoms with Crippen LogP contribution in [0.1, 0.15) is 5.56 Å². The Hall–Kier alpha value is -1.75. The number of nitrogens with one attached hydrogen (secondary N) is 1. The standard InChI is InChI=1S/C14H11BrFNO2/c15-10-2-3-11(16)12(6-10)17-7-9-1-4-13-14(5-9)19-8-18-13/h1-6,17H,7-8H2. The van der Waals surface area contributed by atoms with Crippen LogP contribution in [-0.4, -0.2) is 6.79 Å². The van der Waals surface area contributed by atoms with Crippen LogP contribution >= 0.6 is 15.9 Å². The Morgan fingerprint density at radius 1 is 1.11 bits per heavy atom. The minimum absolute atomic E-state index is 0.256. The number of halogens is 2. The molecule has 0 aliphatic carbocycles. The lowest BCUT2D eigenvalue weighted by Gasteiger charge is -2.08. The van der Waals surface area contributed by atoms with Gasteiger partial charge in [0.25, 0.3) is 0 Å². The van der Waals surface area contributed by atoms with Crippen molar-refractivity contribution in [2.45, 2.75) is 6.54 Å². The highest BCUT2D eigenvalue weighted by molar-refractivity contribution is 9.10. The van der Waals surface area contributed by atoms with E-state index in [1.165, 1.54) is 6.07 Å². The molecule has 5 heteroatoms. The summed E-state index contributed by atoms with van der Waals surface area (Å²) in [5.41, 5.74) is 1.47. The molecule has 19 heavy (non-hydrogen) atoms. The van der Waals surface area contributed by atoms with Gasteiger partial charge in [-0.25, -0.2) is 4.39 Å². The van der Waals surface area contributed by atoms with Crippen molar-refractivity contribution in [2.75, 3.05) is 12.1 Å². The van der Waals surface area contributed by atoms with Gasteiger partial charge in [0.05, 0.1) is 5.69 Å². The third-order valence-electron chi connectivity index (χ3n) is 2.85. The average molecular weight is 324 g/mol. The summed E-state index contributed by atoms with van der Waals surface area (Å²) in [7, 11) is 0. The van der Waals surface area contributed by atoms with Gasteiger partial charge in [-0.1, -0.05) is 22.0 Å². The molecular weight excluding hydrogens is 313 g/mol. The molecule has 0 atom stereocenters. The minimum Gasteiger partial charge on any atom is -0.454 e. The number of ether oxygens (including phenoxy) is 2. The van der Waals surface area contributed by atoms with Crippen LogP contribution in [0.2, 0.25) is 0 Å². The Labute approximate surface area is 118 Å². The molecule has 1 aliphatic heterocycles. The van der Waals surface area contributed by atoms with E-state index in [1.54, 1.807) is 12.1 Å². The van der Waals surface area contributed by atoms with Crippen molar-refractivity contribution < 1.29 is 13.9 Å². The van der Waals surface area contributed by atoms with Gasteiger partial charge in [-0.3, -0.25) is 0 Å². The van der Waals surface area contributed by atoms with E-state index < -0.39 is 0 Å². The monoisotopic (exact) mass is 323 g/mol. The van der Waals surface area contributed by atoms with Crippen LogP contribution in [0, 0.1) is 5.82 Å². The summed E-state index contributed by atoms with van der Waals surface area (Å²) in [6, 6.07) is 10.5. The average Bonchev–Trinajstić information content (AvgIpc) is 2.87. The fourth-order valence-corrected chi connectivity index (χ4v) is 2.24. The molecule has 0 amide bonds. The molecule has 3 rings (SSSR count). The first kappa shape index (κ1) is 12.3. The Bertz CT molecular complexity index is 618. The molecule has 1 N–H and O–H groups in total. The molecule has 2 aromatic carbocycles. The van der Waals surface area contributed by atoms with E-state index in [0.29, 0.717) is 12.2 Å². The molecule has 0 saturated heterocycles. The highest BCUT2D eigenvalue weighted by Crippen LogP contribution is 2.32. The van der Waals surface area contributed by atoms with Crippen LogP contribution < -0.4 is 14.8 Å². The molecule has 2 aromatic rings. The van der Waals surface area contributed by atoms with Crippen molar-refractivity contribution in [3.8, 4) is 11.5 Å². The van der Waals surface area contributed by atoms with Crippen molar-refractivity contribution in [3.63, 3.8) is 0 Å². The second kappa shape index (κ2) is 5.09. The predicted molar refractivity (Wildman–Crippen MR) is 74.0 cm³/mol. The summed E-state index contributed by atoms with van der Waals surface area (Å²) in [6.45, 7) is 0.774. The zero-order valence-corrected chi connectivity index (χ0v) is 11.5. The molecule has 0 bridgehead atoms. The first-order chi connectivity index (χ1) is 9.22. The number of rotatable bonds is 3. The van der Waals surface area contributed by atoms with E-state index >= 15 is 0 Å². The van der Waals surface area contributed by atoms with E-state index in [0.717, 1.165) is 21.5 Å². The van der Waals surface area contributed by atoms with Crippen LogP contribution in [0.5, 0.6) is 11.5 Å². The van der Waals surface area contributed by atoms with Gasteiger partial charge < -0.3 is 14.8 Å². The normalized spacial score (nSPS) is 12.5. The molecule has 3 nitrogen and oxygen atoms in total. The number of fused-ring (bicyclic) bond motifs is 1. The summed E-state index contributed by atoms with van der Waals surface area (Å²) in [4.78, 5) is 0. The van der Waals surface area contributed by atoms with Crippen molar-refractivity contribution in [3.05, 3.63) is 52.3 Å². The van der Waals surface area contributed by atoms with E-state index in [2.05, 4.69) is 21.2 Å². The highest BCUT2D eigenvalue weighted by Gasteiger charge is 2.13. The second-order valence-electron chi connectivity index (χ2n) is 4.17. The molecule has 1 heterocycles. The molecule has 0 spiro atoms. The van der Waals surface area contributed by atoms with E-state index in [4.69, 9.17) is 9.47 Å². The van der Waals surface area contributed by atoms with Gasteiger partial charge >= 0.3 is 0 Å². The fraction of sp³-hybridized carbons (Fsp3) is 0.143. The van der Waals surface area contributed by atoms with Gasteiger partial charge in [-0.15, -0.1) is 0 Å². The molecule has 0 fully saturated rings. The van der Waals surface area contributed by atoms with Crippen molar-refractivity contribution in [1.29, 1.82) is 0 Å². The van der Waals surface area contributed by atoms with Gasteiger partial charge in [-0.2, -0.15) is 0 Å². The maximum atomic E-state index is 13.6. The largest absolute Gasteiger partial charge is 0.454 e. The summed E-state index contributed by atoms with van der Waals surface area (Å²) in [5.74, 6) is 1.20. The van der Waals surface area contributed by atoms with Crippen LogP contribution in [0.15, 0.2) is 40.9 Å². The SMILES string of the molecule is Fc1ccc(Br)cc1NCc1ccc2c(c1)OCO2. The lowest BCUT2D eigenvalue weighted by Crippen LogP contribution is -2.01. The van der Waals surface area contributed by atoms with Gasteiger partial charge in [0, 0.05) is 11.0 Å². The summed E-state index contributed by atoms with van der Waals surface area (Å²) < 4.78 is 24.9. The number of anilines is 1. The predicted octanol–water partition coefficient (Wildman–Crippen LogP) is 3.93. The van der Waals surface area contributed by atoms with Gasteiger partial charge in [-0.05, 0) is 35.9 Å². The van der Waals surface area contributed by atoms with Crippen LogP contribution in [0.3, 0.4) is 0 Å². The molecule has 0 aromatic heterocycles. The Kier molecular flexibility index (Phi) is 3.29. The van der Waals surface area contributed by atoms with Gasteiger partial charge in [0.2, 0.25) is 6.79 Å². The quantitative estimate of drug-likeness (QED) is 0.928. The molecular formula is C14H11BrFNO2.